The SMILES string of the molecule is C=CC(=O)Oc1c(C(C)c2cc(CC)cc(C(C)(C)C=C)c2O)cc(CC)cc1C(C)(C)CC. The van der Waals surface area contributed by atoms with E-state index in [1.54, 1.807) is 0 Å². The predicted molar refractivity (Wildman–Crippen MR) is 143 cm³/mol. The number of phenols is 1. The zero-order valence-electron chi connectivity index (χ0n) is 22.3. The molecule has 0 amide bonds. The Balaban J connectivity index is 2.91. The molecule has 1 unspecified atom stereocenters. The number of carbonyl (C=O) groups is 1. The molecule has 34 heavy (non-hydrogen) atoms. The number of phenolic OH excluding ortho intramolecular Hbond substituents is 1. The summed E-state index contributed by atoms with van der Waals surface area (Å²) in [6, 6.07) is 8.41. The Morgan fingerprint density at radius 3 is 1.97 bits per heavy atom. The number of aryl methyl sites for hydroxylation is 2. The summed E-state index contributed by atoms with van der Waals surface area (Å²) in [5.41, 5.74) is 5.33. The molecule has 0 bridgehead atoms. The van der Waals surface area contributed by atoms with E-state index in [4.69, 9.17) is 4.74 Å². The van der Waals surface area contributed by atoms with Gasteiger partial charge in [0.05, 0.1) is 0 Å². The lowest BCUT2D eigenvalue weighted by Crippen LogP contribution is -2.21. The second-order valence-corrected chi connectivity index (χ2v) is 10.4. The van der Waals surface area contributed by atoms with Crippen molar-refractivity contribution in [2.24, 2.45) is 0 Å². The summed E-state index contributed by atoms with van der Waals surface area (Å²) < 4.78 is 5.92. The van der Waals surface area contributed by atoms with Crippen molar-refractivity contribution in [2.75, 3.05) is 0 Å². The molecule has 0 fully saturated rings. The van der Waals surface area contributed by atoms with Gasteiger partial charge in [-0.3, -0.25) is 0 Å². The molecule has 2 rings (SSSR count). The number of carbonyl (C=O) groups excluding carboxylic acids is 1. The van der Waals surface area contributed by atoms with Gasteiger partial charge in [-0.2, -0.15) is 0 Å². The highest BCUT2D eigenvalue weighted by molar-refractivity contribution is 5.84. The van der Waals surface area contributed by atoms with Crippen LogP contribution in [0.25, 0.3) is 0 Å². The maximum atomic E-state index is 12.4. The molecule has 0 saturated carbocycles. The Labute approximate surface area is 206 Å². The molecule has 0 spiro atoms. The van der Waals surface area contributed by atoms with Gasteiger partial charge in [-0.25, -0.2) is 4.79 Å². The van der Waals surface area contributed by atoms with Crippen LogP contribution in [-0.4, -0.2) is 11.1 Å². The number of ether oxygens (including phenoxy) is 1. The minimum atomic E-state index is -0.481. The van der Waals surface area contributed by atoms with Gasteiger partial charge in [-0.15, -0.1) is 6.58 Å². The molecule has 0 aliphatic heterocycles. The number of esters is 1. The summed E-state index contributed by atoms with van der Waals surface area (Å²) in [7, 11) is 0. The molecule has 184 valence electrons. The molecule has 3 nitrogen and oxygen atoms in total. The van der Waals surface area contributed by atoms with Crippen molar-refractivity contribution in [3.05, 3.63) is 83.0 Å². The molecule has 0 aliphatic carbocycles. The van der Waals surface area contributed by atoms with E-state index in [0.29, 0.717) is 5.75 Å². The fourth-order valence-electron chi connectivity index (χ4n) is 4.21. The number of allylic oxidation sites excluding steroid dienone is 1. The predicted octanol–water partition coefficient (Wildman–Crippen LogP) is 7.91. The van der Waals surface area contributed by atoms with Crippen LogP contribution in [0.2, 0.25) is 0 Å². The molecule has 2 aromatic carbocycles. The van der Waals surface area contributed by atoms with E-state index >= 15 is 0 Å². The first kappa shape index (κ1) is 27.4. The van der Waals surface area contributed by atoms with Gasteiger partial charge in [0.2, 0.25) is 0 Å². The van der Waals surface area contributed by atoms with Gasteiger partial charge in [0.1, 0.15) is 11.5 Å². The van der Waals surface area contributed by atoms with Gasteiger partial charge in [0, 0.05) is 39.7 Å². The van der Waals surface area contributed by atoms with Crippen LogP contribution in [0.5, 0.6) is 11.5 Å². The topological polar surface area (TPSA) is 46.5 Å². The largest absolute Gasteiger partial charge is 0.507 e. The maximum Gasteiger partial charge on any atom is 0.335 e. The van der Waals surface area contributed by atoms with E-state index in [2.05, 4.69) is 92.8 Å². The van der Waals surface area contributed by atoms with Crippen LogP contribution >= 0.6 is 0 Å². The first-order chi connectivity index (χ1) is 15.9. The van der Waals surface area contributed by atoms with Crippen LogP contribution in [0, 0.1) is 0 Å². The van der Waals surface area contributed by atoms with Gasteiger partial charge < -0.3 is 9.84 Å². The third-order valence-corrected chi connectivity index (χ3v) is 7.31. The monoisotopic (exact) mass is 462 g/mol. The van der Waals surface area contributed by atoms with Crippen LogP contribution in [-0.2, 0) is 28.5 Å². The van der Waals surface area contributed by atoms with E-state index in [9.17, 15) is 9.90 Å². The summed E-state index contributed by atoms with van der Waals surface area (Å²) in [5.74, 6) is 0.170. The van der Waals surface area contributed by atoms with Crippen molar-refractivity contribution in [2.45, 2.75) is 91.4 Å². The third kappa shape index (κ3) is 5.46. The van der Waals surface area contributed by atoms with Crippen LogP contribution in [0.1, 0.15) is 101 Å². The molecule has 0 aliphatic rings. The van der Waals surface area contributed by atoms with E-state index < -0.39 is 5.97 Å². The lowest BCUT2D eigenvalue weighted by Gasteiger charge is -2.30. The van der Waals surface area contributed by atoms with Crippen LogP contribution in [0.15, 0.2) is 49.6 Å². The molecular weight excluding hydrogens is 420 g/mol. The Morgan fingerprint density at radius 1 is 0.971 bits per heavy atom. The van der Waals surface area contributed by atoms with E-state index in [1.807, 2.05) is 6.08 Å². The number of benzene rings is 2. The van der Waals surface area contributed by atoms with Crippen molar-refractivity contribution in [3.63, 3.8) is 0 Å². The standard InChI is InChI=1S/C31H42O3/c1-11-21-16-23(28(33)25(18-21)30(7,8)14-4)20(6)24-17-22(12-2)19-26(31(9,10)15-5)29(24)34-27(32)13-3/h13-14,16-20,33H,3-4,11-12,15H2,1-2,5-10H3. The van der Waals surface area contributed by atoms with Crippen LogP contribution < -0.4 is 4.74 Å². The highest BCUT2D eigenvalue weighted by Gasteiger charge is 2.31. The molecule has 0 saturated heterocycles. The number of hydrogen-bond donors (Lipinski definition) is 1. The molecule has 2 aromatic rings. The number of aromatic hydroxyl groups is 1. The third-order valence-electron chi connectivity index (χ3n) is 7.31. The fraction of sp³-hybridized carbons (Fsp3) is 0.452. The minimum absolute atomic E-state index is 0.195. The van der Waals surface area contributed by atoms with Crippen molar-refractivity contribution in [1.29, 1.82) is 0 Å². The van der Waals surface area contributed by atoms with Crippen molar-refractivity contribution in [3.8, 4) is 11.5 Å². The molecule has 1 atom stereocenters. The first-order valence-corrected chi connectivity index (χ1v) is 12.4. The van der Waals surface area contributed by atoms with Gasteiger partial charge in [-0.1, -0.05) is 92.3 Å². The first-order valence-electron chi connectivity index (χ1n) is 12.4. The number of rotatable bonds is 10. The smallest absolute Gasteiger partial charge is 0.335 e. The molecule has 3 heteroatoms. The molecule has 1 N–H and O–H groups in total. The summed E-state index contributed by atoms with van der Waals surface area (Å²) in [6.45, 7) is 24.5. The van der Waals surface area contributed by atoms with Gasteiger partial charge in [0.15, 0.2) is 0 Å². The highest BCUT2D eigenvalue weighted by atomic mass is 16.5. The summed E-state index contributed by atoms with van der Waals surface area (Å²) >= 11 is 0. The zero-order valence-corrected chi connectivity index (χ0v) is 22.3. The maximum absolute atomic E-state index is 12.4. The average Bonchev–Trinajstić information content (AvgIpc) is 2.83. The second kappa shape index (κ2) is 10.6. The summed E-state index contributed by atoms with van der Waals surface area (Å²) in [6.07, 6.45) is 5.66. The van der Waals surface area contributed by atoms with Crippen molar-refractivity contribution >= 4 is 5.97 Å². The van der Waals surface area contributed by atoms with Crippen molar-refractivity contribution in [1.82, 2.24) is 0 Å². The van der Waals surface area contributed by atoms with Gasteiger partial charge in [-0.05, 0) is 35.8 Å². The minimum Gasteiger partial charge on any atom is -0.507 e. The summed E-state index contributed by atoms with van der Waals surface area (Å²) in [5, 5.41) is 11.5. The van der Waals surface area contributed by atoms with Gasteiger partial charge in [0.25, 0.3) is 0 Å². The zero-order chi connectivity index (χ0) is 25.8. The lowest BCUT2D eigenvalue weighted by atomic mass is 9.76. The average molecular weight is 463 g/mol. The van der Waals surface area contributed by atoms with Gasteiger partial charge >= 0.3 is 5.97 Å². The Kier molecular flexibility index (Phi) is 8.58. The van der Waals surface area contributed by atoms with E-state index in [1.165, 1.54) is 11.6 Å². The highest BCUT2D eigenvalue weighted by Crippen LogP contribution is 2.46. The fourth-order valence-corrected chi connectivity index (χ4v) is 4.21. The second-order valence-electron chi connectivity index (χ2n) is 10.4. The summed E-state index contributed by atoms with van der Waals surface area (Å²) in [4.78, 5) is 12.4. The van der Waals surface area contributed by atoms with Crippen LogP contribution in [0.3, 0.4) is 0 Å². The Hall–Kier alpha value is -2.81. The Bertz CT molecular complexity index is 1070. The normalized spacial score (nSPS) is 12.8. The van der Waals surface area contributed by atoms with Crippen molar-refractivity contribution < 1.29 is 14.6 Å². The van der Waals surface area contributed by atoms with E-state index in [0.717, 1.165) is 47.1 Å². The quantitative estimate of drug-likeness (QED) is 0.169. The molecule has 0 heterocycles. The number of hydrogen-bond acceptors (Lipinski definition) is 3. The van der Waals surface area contributed by atoms with E-state index in [-0.39, 0.29) is 22.5 Å². The molecule has 0 aromatic heterocycles. The molecule has 0 radical (unpaired) electrons. The lowest BCUT2D eigenvalue weighted by molar-refractivity contribution is -0.129. The molecular formula is C31H42O3. The Morgan fingerprint density at radius 2 is 1.50 bits per heavy atom. The van der Waals surface area contributed by atoms with Crippen LogP contribution in [0.4, 0.5) is 0 Å².